The lowest BCUT2D eigenvalue weighted by atomic mass is 9.83. The van der Waals surface area contributed by atoms with Gasteiger partial charge in [-0.25, -0.2) is 4.39 Å². The van der Waals surface area contributed by atoms with E-state index in [1.165, 1.54) is 5.57 Å². The van der Waals surface area contributed by atoms with Crippen LogP contribution in [0.4, 0.5) is 4.39 Å². The second-order valence-electron chi connectivity index (χ2n) is 7.56. The molecule has 4 rings (SSSR count). The Morgan fingerprint density at radius 2 is 1.96 bits per heavy atom. The molecule has 2 aromatic carbocycles. The van der Waals surface area contributed by atoms with Crippen LogP contribution in [0.3, 0.4) is 0 Å². The second-order valence-corrected chi connectivity index (χ2v) is 7.56. The summed E-state index contributed by atoms with van der Waals surface area (Å²) in [5.74, 6) is 0.914. The van der Waals surface area contributed by atoms with E-state index in [0.29, 0.717) is 12.8 Å². The molecule has 1 aliphatic carbocycles. The Morgan fingerprint density at radius 3 is 2.75 bits per heavy atom. The molecule has 0 saturated carbocycles. The number of benzene rings is 2. The molecule has 0 radical (unpaired) electrons. The number of furan rings is 1. The van der Waals surface area contributed by atoms with Gasteiger partial charge in [0.15, 0.2) is 0 Å². The lowest BCUT2D eigenvalue weighted by Crippen LogP contribution is -2.06. The minimum atomic E-state index is -0.0485. The number of fused-ring (bicyclic) bond motifs is 1. The van der Waals surface area contributed by atoms with Crippen molar-refractivity contribution >= 4 is 22.8 Å². The first-order valence-electron chi connectivity index (χ1n) is 9.69. The molecular formula is C25H23FO2. The number of hydrogen-bond acceptors (Lipinski definition) is 2. The van der Waals surface area contributed by atoms with Crippen molar-refractivity contribution < 1.29 is 13.6 Å². The van der Waals surface area contributed by atoms with Gasteiger partial charge in [-0.2, -0.15) is 0 Å². The zero-order chi connectivity index (χ0) is 19.7. The summed E-state index contributed by atoms with van der Waals surface area (Å²) in [7, 11) is 0. The average molecular weight is 374 g/mol. The summed E-state index contributed by atoms with van der Waals surface area (Å²) >= 11 is 0. The highest BCUT2D eigenvalue weighted by atomic mass is 19.1. The molecule has 0 spiro atoms. The maximum atomic E-state index is 13.7. The molecule has 0 saturated heterocycles. The standard InChI is InChI=1S/C25H23FO2/c1-16-11-22(26)12-17(2)25(16)20-7-3-6-19(14-20)24-15-21-13-18(5-4-10-27)8-9-23(21)28-24/h3,6-11,13-15,17H,4-5,12H2,1-2H3. The molecule has 142 valence electrons. The number of rotatable bonds is 5. The van der Waals surface area contributed by atoms with Crippen LogP contribution in [-0.4, -0.2) is 6.29 Å². The maximum Gasteiger partial charge on any atom is 0.135 e. The Morgan fingerprint density at radius 1 is 1.14 bits per heavy atom. The van der Waals surface area contributed by atoms with Crippen LogP contribution >= 0.6 is 0 Å². The van der Waals surface area contributed by atoms with E-state index >= 15 is 0 Å². The van der Waals surface area contributed by atoms with Gasteiger partial charge in [-0.05, 0) is 71.9 Å². The molecule has 0 aliphatic heterocycles. The highest BCUT2D eigenvalue weighted by Crippen LogP contribution is 2.38. The lowest BCUT2D eigenvalue weighted by molar-refractivity contribution is -0.107. The van der Waals surface area contributed by atoms with E-state index in [9.17, 15) is 9.18 Å². The third-order valence-electron chi connectivity index (χ3n) is 5.38. The summed E-state index contributed by atoms with van der Waals surface area (Å²) < 4.78 is 19.8. The van der Waals surface area contributed by atoms with Crippen molar-refractivity contribution in [2.24, 2.45) is 5.92 Å². The molecule has 1 aliphatic rings. The summed E-state index contributed by atoms with van der Waals surface area (Å²) in [5.41, 5.74) is 6.25. The normalized spacial score (nSPS) is 17.1. The molecule has 1 heterocycles. The van der Waals surface area contributed by atoms with Crippen LogP contribution in [0.1, 0.15) is 37.8 Å². The number of aldehydes is 1. The summed E-state index contributed by atoms with van der Waals surface area (Å²) in [5, 5.41) is 1.04. The molecule has 0 bridgehead atoms. The molecule has 3 aromatic rings. The quantitative estimate of drug-likeness (QED) is 0.455. The molecule has 0 fully saturated rings. The van der Waals surface area contributed by atoms with Gasteiger partial charge in [0.1, 0.15) is 23.5 Å². The zero-order valence-electron chi connectivity index (χ0n) is 16.2. The molecule has 28 heavy (non-hydrogen) atoms. The van der Waals surface area contributed by atoms with Gasteiger partial charge in [0.25, 0.3) is 0 Å². The Bertz CT molecular complexity index is 1100. The molecular weight excluding hydrogens is 351 g/mol. The molecule has 1 atom stereocenters. The van der Waals surface area contributed by atoms with Crippen LogP contribution in [0.5, 0.6) is 0 Å². The van der Waals surface area contributed by atoms with Crippen LogP contribution in [0.2, 0.25) is 0 Å². The van der Waals surface area contributed by atoms with Crippen LogP contribution in [-0.2, 0) is 11.2 Å². The van der Waals surface area contributed by atoms with Crippen LogP contribution in [0.15, 0.2) is 70.4 Å². The van der Waals surface area contributed by atoms with Crippen molar-refractivity contribution in [1.29, 1.82) is 0 Å². The molecule has 0 amide bonds. The van der Waals surface area contributed by atoms with E-state index in [1.54, 1.807) is 6.08 Å². The topological polar surface area (TPSA) is 30.2 Å². The SMILES string of the molecule is CC1=C(c2cccc(-c3cc4cc(CCC=O)ccc4o3)c2)C(C)CC(F)=C1. The Hall–Kier alpha value is -2.94. The van der Waals surface area contributed by atoms with Crippen LogP contribution in [0.25, 0.3) is 27.9 Å². The summed E-state index contributed by atoms with van der Waals surface area (Å²) in [6.07, 6.45) is 4.31. The van der Waals surface area contributed by atoms with Gasteiger partial charge in [-0.1, -0.05) is 31.2 Å². The van der Waals surface area contributed by atoms with Gasteiger partial charge in [0, 0.05) is 23.8 Å². The third-order valence-corrected chi connectivity index (χ3v) is 5.38. The summed E-state index contributed by atoms with van der Waals surface area (Å²) in [4.78, 5) is 10.6. The Kier molecular flexibility index (Phi) is 4.99. The first kappa shape index (κ1) is 18.4. The van der Waals surface area contributed by atoms with Crippen molar-refractivity contribution in [2.45, 2.75) is 33.1 Å². The molecule has 3 heteroatoms. The van der Waals surface area contributed by atoms with Crippen molar-refractivity contribution in [3.8, 4) is 11.3 Å². The lowest BCUT2D eigenvalue weighted by Gasteiger charge is -2.22. The number of allylic oxidation sites excluding steroid dienone is 4. The highest BCUT2D eigenvalue weighted by Gasteiger charge is 2.20. The second kappa shape index (κ2) is 7.59. The fourth-order valence-electron chi connectivity index (χ4n) is 4.12. The Balaban J connectivity index is 1.71. The van der Waals surface area contributed by atoms with Crippen LogP contribution in [0, 0.1) is 5.92 Å². The number of carbonyl (C=O) groups is 1. The van der Waals surface area contributed by atoms with Gasteiger partial charge < -0.3 is 9.21 Å². The third kappa shape index (κ3) is 3.57. The minimum Gasteiger partial charge on any atom is -0.456 e. The van der Waals surface area contributed by atoms with Crippen molar-refractivity contribution in [3.63, 3.8) is 0 Å². The van der Waals surface area contributed by atoms with Gasteiger partial charge in [0.2, 0.25) is 0 Å². The summed E-state index contributed by atoms with van der Waals surface area (Å²) in [6, 6.07) is 16.4. The highest BCUT2D eigenvalue weighted by molar-refractivity contribution is 5.84. The average Bonchev–Trinajstić information content (AvgIpc) is 3.09. The van der Waals surface area contributed by atoms with Gasteiger partial charge in [-0.3, -0.25) is 0 Å². The zero-order valence-corrected chi connectivity index (χ0v) is 16.2. The maximum absolute atomic E-state index is 13.7. The summed E-state index contributed by atoms with van der Waals surface area (Å²) in [6.45, 7) is 4.04. The van der Waals surface area contributed by atoms with Gasteiger partial charge in [-0.15, -0.1) is 0 Å². The molecule has 0 N–H and O–H groups in total. The van der Waals surface area contributed by atoms with Crippen molar-refractivity contribution in [2.75, 3.05) is 0 Å². The van der Waals surface area contributed by atoms with Gasteiger partial charge in [0.05, 0.1) is 0 Å². The fraction of sp³-hybridized carbons (Fsp3) is 0.240. The molecule has 2 nitrogen and oxygen atoms in total. The van der Waals surface area contributed by atoms with E-state index in [4.69, 9.17) is 4.42 Å². The molecule has 1 unspecified atom stereocenters. The van der Waals surface area contributed by atoms with E-state index in [0.717, 1.165) is 51.7 Å². The number of carbonyl (C=O) groups excluding carboxylic acids is 1. The number of aryl methyl sites for hydroxylation is 1. The first-order chi connectivity index (χ1) is 13.5. The predicted octanol–water partition coefficient (Wildman–Crippen LogP) is 6.90. The first-order valence-corrected chi connectivity index (χ1v) is 9.69. The van der Waals surface area contributed by atoms with E-state index < -0.39 is 0 Å². The predicted molar refractivity (Wildman–Crippen MR) is 112 cm³/mol. The van der Waals surface area contributed by atoms with Gasteiger partial charge >= 0.3 is 0 Å². The monoisotopic (exact) mass is 374 g/mol. The van der Waals surface area contributed by atoms with E-state index in [-0.39, 0.29) is 11.7 Å². The minimum absolute atomic E-state index is 0.0485. The molecule has 1 aromatic heterocycles. The Labute approximate surface area is 164 Å². The van der Waals surface area contributed by atoms with E-state index in [2.05, 4.69) is 25.1 Å². The van der Waals surface area contributed by atoms with Crippen molar-refractivity contribution in [1.82, 2.24) is 0 Å². The van der Waals surface area contributed by atoms with E-state index in [1.807, 2.05) is 37.3 Å². The van der Waals surface area contributed by atoms with Crippen molar-refractivity contribution in [3.05, 3.63) is 77.1 Å². The smallest absolute Gasteiger partial charge is 0.135 e. The van der Waals surface area contributed by atoms with Crippen LogP contribution < -0.4 is 0 Å². The fourth-order valence-corrected chi connectivity index (χ4v) is 4.12. The largest absolute Gasteiger partial charge is 0.456 e. The number of hydrogen-bond donors (Lipinski definition) is 0. The number of halogens is 1.